The van der Waals surface area contributed by atoms with Gasteiger partial charge in [0.2, 0.25) is 0 Å². The fourth-order valence-electron chi connectivity index (χ4n) is 2.74. The maximum absolute atomic E-state index is 12.6. The maximum atomic E-state index is 12.6. The van der Waals surface area contributed by atoms with Gasteiger partial charge in [-0.1, -0.05) is 13.8 Å². The summed E-state index contributed by atoms with van der Waals surface area (Å²) < 4.78 is 11.1. The third-order valence-electron chi connectivity index (χ3n) is 4.70. The number of benzene rings is 2. The Labute approximate surface area is 171 Å². The molecule has 0 aromatic heterocycles. The molecule has 2 N–H and O–H groups in total. The molecule has 2 aromatic carbocycles. The molecule has 1 saturated carbocycles. The summed E-state index contributed by atoms with van der Waals surface area (Å²) in [4.78, 5) is 24.6. The molecule has 0 atom stereocenters. The van der Waals surface area contributed by atoms with Crippen LogP contribution in [0.5, 0.6) is 11.5 Å². The van der Waals surface area contributed by atoms with E-state index in [2.05, 4.69) is 24.5 Å². The second-order valence-electron chi connectivity index (χ2n) is 7.68. The Morgan fingerprint density at radius 2 is 1.69 bits per heavy atom. The van der Waals surface area contributed by atoms with E-state index in [0.29, 0.717) is 46.9 Å². The molecule has 1 aliphatic carbocycles. The molecule has 0 aliphatic heterocycles. The van der Waals surface area contributed by atoms with Crippen molar-refractivity contribution >= 4 is 17.5 Å². The molecule has 0 radical (unpaired) electrons. The highest BCUT2D eigenvalue weighted by Crippen LogP contribution is 2.29. The summed E-state index contributed by atoms with van der Waals surface area (Å²) in [5.74, 6) is 1.36. The van der Waals surface area contributed by atoms with Crippen LogP contribution in [0.15, 0.2) is 42.5 Å². The first-order valence-electron chi connectivity index (χ1n) is 9.99. The smallest absolute Gasteiger partial charge is 0.255 e. The van der Waals surface area contributed by atoms with Crippen molar-refractivity contribution in [2.24, 2.45) is 5.92 Å². The number of carbonyl (C=O) groups excluding carboxylic acids is 2. The monoisotopic (exact) mass is 396 g/mol. The van der Waals surface area contributed by atoms with Gasteiger partial charge in [0.15, 0.2) is 11.5 Å². The van der Waals surface area contributed by atoms with Crippen molar-refractivity contribution in [1.82, 2.24) is 5.32 Å². The second kappa shape index (κ2) is 9.45. The lowest BCUT2D eigenvalue weighted by Crippen LogP contribution is -2.25. The summed E-state index contributed by atoms with van der Waals surface area (Å²) in [6.07, 6.45) is 3.04. The SMILES string of the molecule is COc1cc(C(=O)Nc2ccc(C(=O)NC3CC3)cc2)ccc1OCCC(C)C. The lowest BCUT2D eigenvalue weighted by atomic mass is 10.1. The molecule has 1 aliphatic rings. The summed E-state index contributed by atoms with van der Waals surface area (Å²) in [6, 6.07) is 12.3. The van der Waals surface area contributed by atoms with Crippen LogP contribution < -0.4 is 20.1 Å². The van der Waals surface area contributed by atoms with Crippen LogP contribution in [0.3, 0.4) is 0 Å². The number of anilines is 1. The van der Waals surface area contributed by atoms with Crippen molar-refractivity contribution in [1.29, 1.82) is 0 Å². The van der Waals surface area contributed by atoms with Crippen LogP contribution in [0.1, 0.15) is 53.8 Å². The van der Waals surface area contributed by atoms with Gasteiger partial charge in [0.25, 0.3) is 11.8 Å². The summed E-state index contributed by atoms with van der Waals surface area (Å²) in [5, 5.41) is 5.78. The number of hydrogen-bond acceptors (Lipinski definition) is 4. The predicted octanol–water partition coefficient (Wildman–Crippen LogP) is 4.26. The van der Waals surface area contributed by atoms with Crippen molar-refractivity contribution in [3.63, 3.8) is 0 Å². The number of carbonyl (C=O) groups is 2. The van der Waals surface area contributed by atoms with Crippen molar-refractivity contribution in [2.45, 2.75) is 39.2 Å². The van der Waals surface area contributed by atoms with Gasteiger partial charge < -0.3 is 20.1 Å². The Morgan fingerprint density at radius 1 is 1.00 bits per heavy atom. The lowest BCUT2D eigenvalue weighted by Gasteiger charge is -2.13. The third-order valence-corrected chi connectivity index (χ3v) is 4.70. The molecule has 1 fully saturated rings. The molecular weight excluding hydrogens is 368 g/mol. The Bertz CT molecular complexity index is 858. The van der Waals surface area contributed by atoms with Crippen molar-refractivity contribution < 1.29 is 19.1 Å². The van der Waals surface area contributed by atoms with E-state index in [0.717, 1.165) is 19.3 Å². The van der Waals surface area contributed by atoms with Crippen LogP contribution >= 0.6 is 0 Å². The zero-order valence-corrected chi connectivity index (χ0v) is 17.2. The molecule has 3 rings (SSSR count). The zero-order chi connectivity index (χ0) is 20.8. The van der Waals surface area contributed by atoms with E-state index in [9.17, 15) is 9.59 Å². The molecule has 154 valence electrons. The van der Waals surface area contributed by atoms with Crippen LogP contribution in [0.25, 0.3) is 0 Å². The molecule has 6 heteroatoms. The molecule has 0 unspecified atom stereocenters. The minimum Gasteiger partial charge on any atom is -0.493 e. The number of rotatable bonds is 9. The minimum atomic E-state index is -0.257. The van der Waals surface area contributed by atoms with E-state index in [4.69, 9.17) is 9.47 Å². The molecule has 29 heavy (non-hydrogen) atoms. The van der Waals surface area contributed by atoms with E-state index >= 15 is 0 Å². The number of hydrogen-bond donors (Lipinski definition) is 2. The fraction of sp³-hybridized carbons (Fsp3) is 0.391. The van der Waals surface area contributed by atoms with Gasteiger partial charge in [0.05, 0.1) is 13.7 Å². The highest BCUT2D eigenvalue weighted by atomic mass is 16.5. The van der Waals surface area contributed by atoms with Gasteiger partial charge >= 0.3 is 0 Å². The quantitative estimate of drug-likeness (QED) is 0.664. The number of ether oxygens (including phenoxy) is 2. The Hall–Kier alpha value is -3.02. The standard InChI is InChI=1S/C23H28N2O4/c1-15(2)12-13-29-20-11-6-17(14-21(20)28-3)23(27)25-18-7-4-16(5-8-18)22(26)24-19-9-10-19/h4-8,11,14-15,19H,9-10,12-13H2,1-3H3,(H,24,26)(H,25,27). The van der Waals surface area contributed by atoms with Gasteiger partial charge in [-0.2, -0.15) is 0 Å². The van der Waals surface area contributed by atoms with E-state index in [1.807, 2.05) is 0 Å². The maximum Gasteiger partial charge on any atom is 0.255 e. The van der Waals surface area contributed by atoms with Crippen LogP contribution in [0.4, 0.5) is 5.69 Å². The zero-order valence-electron chi connectivity index (χ0n) is 17.2. The van der Waals surface area contributed by atoms with Crippen LogP contribution in [0.2, 0.25) is 0 Å². The summed E-state index contributed by atoms with van der Waals surface area (Å²) in [5.41, 5.74) is 1.67. The van der Waals surface area contributed by atoms with Gasteiger partial charge in [0.1, 0.15) is 0 Å². The van der Waals surface area contributed by atoms with E-state index in [1.54, 1.807) is 49.6 Å². The summed E-state index contributed by atoms with van der Waals surface area (Å²) >= 11 is 0. The third kappa shape index (κ3) is 5.98. The molecule has 2 amide bonds. The average Bonchev–Trinajstić information content (AvgIpc) is 3.52. The number of nitrogens with one attached hydrogen (secondary N) is 2. The second-order valence-corrected chi connectivity index (χ2v) is 7.68. The topological polar surface area (TPSA) is 76.7 Å². The highest BCUT2D eigenvalue weighted by Gasteiger charge is 2.23. The lowest BCUT2D eigenvalue weighted by molar-refractivity contribution is 0.0950. The molecule has 0 spiro atoms. The van der Waals surface area contributed by atoms with Gasteiger partial charge in [-0.3, -0.25) is 9.59 Å². The minimum absolute atomic E-state index is 0.0804. The highest BCUT2D eigenvalue weighted by molar-refractivity contribution is 6.05. The molecule has 0 heterocycles. The summed E-state index contributed by atoms with van der Waals surface area (Å²) in [7, 11) is 1.55. The molecule has 0 saturated heterocycles. The number of amides is 2. The Kier molecular flexibility index (Phi) is 6.75. The average molecular weight is 396 g/mol. The Balaban J connectivity index is 1.61. The first kappa shape index (κ1) is 20.7. The van der Waals surface area contributed by atoms with Crippen molar-refractivity contribution in [2.75, 3.05) is 19.0 Å². The van der Waals surface area contributed by atoms with E-state index < -0.39 is 0 Å². The van der Waals surface area contributed by atoms with Gasteiger partial charge in [-0.05, 0) is 67.6 Å². The molecule has 6 nitrogen and oxygen atoms in total. The van der Waals surface area contributed by atoms with Crippen LogP contribution in [0, 0.1) is 5.92 Å². The van der Waals surface area contributed by atoms with Crippen molar-refractivity contribution in [3.8, 4) is 11.5 Å². The van der Waals surface area contributed by atoms with E-state index in [-0.39, 0.29) is 11.8 Å². The van der Waals surface area contributed by atoms with Crippen molar-refractivity contribution in [3.05, 3.63) is 53.6 Å². The first-order chi connectivity index (χ1) is 14.0. The molecule has 2 aromatic rings. The predicted molar refractivity (Wildman–Crippen MR) is 113 cm³/mol. The molecule has 0 bridgehead atoms. The van der Waals surface area contributed by atoms with E-state index in [1.165, 1.54) is 0 Å². The van der Waals surface area contributed by atoms with Gasteiger partial charge in [-0.15, -0.1) is 0 Å². The van der Waals surface area contributed by atoms with Crippen LogP contribution in [-0.2, 0) is 0 Å². The molecular formula is C23H28N2O4. The van der Waals surface area contributed by atoms with Crippen LogP contribution in [-0.4, -0.2) is 31.6 Å². The normalized spacial score (nSPS) is 13.1. The van der Waals surface area contributed by atoms with Gasteiger partial charge in [0, 0.05) is 22.9 Å². The summed E-state index contributed by atoms with van der Waals surface area (Å²) in [6.45, 7) is 4.88. The number of methoxy groups -OCH3 is 1. The largest absolute Gasteiger partial charge is 0.493 e. The van der Waals surface area contributed by atoms with Gasteiger partial charge in [-0.25, -0.2) is 0 Å². The Morgan fingerprint density at radius 3 is 2.31 bits per heavy atom. The first-order valence-corrected chi connectivity index (χ1v) is 9.99. The fourth-order valence-corrected chi connectivity index (χ4v) is 2.74.